The Balaban J connectivity index is 4.41. The molecule has 0 heterocycles. The van der Waals surface area contributed by atoms with Crippen molar-refractivity contribution in [2.24, 2.45) is 4.81 Å². The second-order valence-electron chi connectivity index (χ2n) is 3.46. The van der Waals surface area contributed by atoms with Crippen molar-refractivity contribution < 1.29 is 8.96 Å². The van der Waals surface area contributed by atoms with Crippen LogP contribution in [0.1, 0.15) is 27.7 Å². The molecule has 0 amide bonds. The van der Waals surface area contributed by atoms with Crippen LogP contribution in [0.5, 0.6) is 0 Å². The van der Waals surface area contributed by atoms with Crippen LogP contribution in [0.15, 0.2) is 4.81 Å². The van der Waals surface area contributed by atoms with E-state index in [1.807, 2.05) is 0 Å². The molecule has 0 bridgehead atoms. The van der Waals surface area contributed by atoms with E-state index >= 15 is 0 Å². The SMILES string of the molecule is BN=BOP(OC)N(C(C)C)C(C)C. The Kier molecular flexibility index (Phi) is 7.42. The monoisotopic (exact) mass is 216 g/mol. The van der Waals surface area contributed by atoms with Crippen molar-refractivity contribution in [3.8, 4) is 0 Å². The summed E-state index contributed by atoms with van der Waals surface area (Å²) in [6, 6.07) is 0.789. The third kappa shape index (κ3) is 4.54. The molecular formula is C7H19B2N2O2P. The number of nitrogens with zero attached hydrogens (tertiary/aromatic N) is 2. The van der Waals surface area contributed by atoms with Crippen molar-refractivity contribution in [3.05, 3.63) is 0 Å². The molecule has 0 saturated heterocycles. The predicted octanol–water partition coefficient (Wildman–Crippen LogP) is 1.35. The third-order valence-corrected chi connectivity index (χ3v) is 3.53. The van der Waals surface area contributed by atoms with Crippen LogP contribution >= 0.6 is 8.53 Å². The molecule has 0 aromatic rings. The fraction of sp³-hybridized carbons (Fsp3) is 1.00. The summed E-state index contributed by atoms with van der Waals surface area (Å²) in [6.45, 7) is 8.50. The van der Waals surface area contributed by atoms with E-state index in [9.17, 15) is 0 Å². The first-order valence-corrected chi connectivity index (χ1v) is 5.87. The Labute approximate surface area is 89.7 Å². The molecule has 1 unspecified atom stereocenters. The van der Waals surface area contributed by atoms with Gasteiger partial charge in [-0.1, -0.05) is 0 Å². The number of hydrogen-bond acceptors (Lipinski definition) is 4. The van der Waals surface area contributed by atoms with Gasteiger partial charge in [-0.05, 0) is 0 Å². The summed E-state index contributed by atoms with van der Waals surface area (Å²) in [7, 11) is 3.75. The van der Waals surface area contributed by atoms with E-state index < -0.39 is 8.53 Å². The fourth-order valence-corrected chi connectivity index (χ4v) is 2.57. The van der Waals surface area contributed by atoms with Gasteiger partial charge in [0.25, 0.3) is 0 Å². The maximum absolute atomic E-state index is 5.40. The first-order valence-electron chi connectivity index (χ1n) is 4.74. The van der Waals surface area contributed by atoms with Gasteiger partial charge in [0.05, 0.1) is 0 Å². The minimum absolute atomic E-state index is 0.395. The van der Waals surface area contributed by atoms with Gasteiger partial charge in [-0.2, -0.15) is 0 Å². The third-order valence-electron chi connectivity index (χ3n) is 1.65. The van der Waals surface area contributed by atoms with E-state index in [-0.39, 0.29) is 0 Å². The van der Waals surface area contributed by atoms with E-state index in [2.05, 4.69) is 37.2 Å². The van der Waals surface area contributed by atoms with E-state index in [4.69, 9.17) is 8.96 Å². The molecule has 0 fully saturated rings. The zero-order valence-electron chi connectivity index (χ0n) is 9.89. The molecule has 0 aliphatic carbocycles. The normalized spacial score (nSPS) is 14.0. The summed E-state index contributed by atoms with van der Waals surface area (Å²) < 4.78 is 12.9. The van der Waals surface area contributed by atoms with Crippen molar-refractivity contribution in [1.29, 1.82) is 0 Å². The Morgan fingerprint density at radius 3 is 2.07 bits per heavy atom. The zero-order chi connectivity index (χ0) is 11.1. The van der Waals surface area contributed by atoms with Crippen molar-refractivity contribution in [3.63, 3.8) is 0 Å². The maximum atomic E-state index is 5.40. The first kappa shape index (κ1) is 14.1. The first-order chi connectivity index (χ1) is 6.54. The van der Waals surface area contributed by atoms with Crippen molar-refractivity contribution in [2.75, 3.05) is 7.11 Å². The number of hydrogen-bond donors (Lipinski definition) is 0. The molecule has 14 heavy (non-hydrogen) atoms. The summed E-state index contributed by atoms with van der Waals surface area (Å²) in [4.78, 5) is 3.79. The van der Waals surface area contributed by atoms with E-state index in [1.54, 1.807) is 15.1 Å². The van der Waals surface area contributed by atoms with Crippen LogP contribution in [-0.2, 0) is 8.96 Å². The molecule has 80 valence electrons. The summed E-state index contributed by atoms with van der Waals surface area (Å²) >= 11 is 0. The van der Waals surface area contributed by atoms with Gasteiger partial charge in [0.2, 0.25) is 0 Å². The van der Waals surface area contributed by atoms with Crippen molar-refractivity contribution >= 4 is 23.8 Å². The van der Waals surface area contributed by atoms with Gasteiger partial charge in [0, 0.05) is 0 Å². The van der Waals surface area contributed by atoms with Crippen LogP contribution in [-0.4, -0.2) is 39.1 Å². The second kappa shape index (κ2) is 7.38. The molecule has 0 aliphatic rings. The van der Waals surface area contributed by atoms with E-state index in [0.717, 1.165) is 0 Å². The topological polar surface area (TPSA) is 34.1 Å². The van der Waals surface area contributed by atoms with Crippen LogP contribution in [0.2, 0.25) is 0 Å². The number of rotatable bonds is 6. The summed E-state index contributed by atoms with van der Waals surface area (Å²) in [5.74, 6) is 0. The average molecular weight is 216 g/mol. The quantitative estimate of drug-likeness (QED) is 0.496. The average Bonchev–Trinajstić information content (AvgIpc) is 2.10. The predicted molar refractivity (Wildman–Crippen MR) is 63.9 cm³/mol. The van der Waals surface area contributed by atoms with Gasteiger partial charge in [-0.15, -0.1) is 0 Å². The molecule has 7 heteroatoms. The van der Waals surface area contributed by atoms with Gasteiger partial charge in [-0.3, -0.25) is 0 Å². The Morgan fingerprint density at radius 2 is 1.79 bits per heavy atom. The minimum atomic E-state index is -1.02. The molecule has 1 atom stereocenters. The molecule has 0 N–H and O–H groups in total. The van der Waals surface area contributed by atoms with Crippen LogP contribution in [0.25, 0.3) is 0 Å². The van der Waals surface area contributed by atoms with E-state index in [0.29, 0.717) is 12.1 Å². The molecule has 0 aromatic carbocycles. The molecule has 0 spiro atoms. The van der Waals surface area contributed by atoms with Crippen LogP contribution in [0, 0.1) is 0 Å². The van der Waals surface area contributed by atoms with Gasteiger partial charge in [0.15, 0.2) is 0 Å². The summed E-state index contributed by atoms with van der Waals surface area (Å²) in [5, 5.41) is 0. The molecule has 0 rings (SSSR count). The van der Waals surface area contributed by atoms with Crippen molar-refractivity contribution in [1.82, 2.24) is 4.67 Å². The second-order valence-corrected chi connectivity index (χ2v) is 4.97. The fourth-order valence-electron chi connectivity index (χ4n) is 1.25. The van der Waals surface area contributed by atoms with Gasteiger partial charge in [0.1, 0.15) is 0 Å². The Morgan fingerprint density at radius 1 is 1.29 bits per heavy atom. The molecular weight excluding hydrogens is 197 g/mol. The Bertz CT molecular complexity index is 173. The Hall–Kier alpha value is 0.0799. The zero-order valence-corrected chi connectivity index (χ0v) is 10.8. The van der Waals surface area contributed by atoms with Crippen LogP contribution < -0.4 is 0 Å². The summed E-state index contributed by atoms with van der Waals surface area (Å²) in [6.07, 6.45) is 0. The van der Waals surface area contributed by atoms with Gasteiger partial charge < -0.3 is 0 Å². The van der Waals surface area contributed by atoms with E-state index in [1.165, 1.54) is 7.27 Å². The van der Waals surface area contributed by atoms with Crippen LogP contribution in [0.3, 0.4) is 0 Å². The van der Waals surface area contributed by atoms with Gasteiger partial charge in [-0.25, -0.2) is 0 Å². The molecule has 4 nitrogen and oxygen atoms in total. The molecule has 0 radical (unpaired) electrons. The summed E-state index contributed by atoms with van der Waals surface area (Å²) in [5.41, 5.74) is 0. The van der Waals surface area contributed by atoms with Crippen molar-refractivity contribution in [2.45, 2.75) is 39.8 Å². The van der Waals surface area contributed by atoms with Crippen LogP contribution in [0.4, 0.5) is 0 Å². The standard InChI is InChI=1S/C7H19B2N2O2P/c1-6(2)11(7(3)4)14(12-5)13-9-10-8/h6-7H,8H2,1-5H3. The molecule has 0 saturated carbocycles. The molecule has 0 aromatic heterocycles. The molecule has 0 aliphatic heterocycles. The van der Waals surface area contributed by atoms with Gasteiger partial charge >= 0.3 is 89.1 Å².